The average molecular weight is 237 g/mol. The summed E-state index contributed by atoms with van der Waals surface area (Å²) in [6.07, 6.45) is -7.52. The van der Waals surface area contributed by atoms with Gasteiger partial charge in [0.05, 0.1) is 6.04 Å². The van der Waals surface area contributed by atoms with Crippen LogP contribution in [0.4, 0.5) is 17.6 Å². The number of alkyl halides is 3. The first kappa shape index (κ1) is 12.9. The Hall–Kier alpha value is -1.14. The van der Waals surface area contributed by atoms with Crippen molar-refractivity contribution in [1.29, 1.82) is 0 Å². The standard InChI is InChI=1S/C10H11F4NO/c1-5-2-3-6(11)4-7(5)8(15)9(16)10(12,13)14/h2-4,8-9,16H,15H2,1H3/t8-,9-/m1/s1. The van der Waals surface area contributed by atoms with Crippen molar-refractivity contribution in [2.75, 3.05) is 0 Å². The molecule has 16 heavy (non-hydrogen) atoms. The Morgan fingerprint density at radius 3 is 2.38 bits per heavy atom. The van der Waals surface area contributed by atoms with E-state index in [9.17, 15) is 17.6 Å². The van der Waals surface area contributed by atoms with Crippen molar-refractivity contribution < 1.29 is 22.7 Å². The van der Waals surface area contributed by atoms with Crippen LogP contribution in [-0.4, -0.2) is 17.4 Å². The average Bonchev–Trinajstić information content (AvgIpc) is 2.18. The van der Waals surface area contributed by atoms with Crippen LogP contribution in [-0.2, 0) is 0 Å². The van der Waals surface area contributed by atoms with Gasteiger partial charge in [0.25, 0.3) is 0 Å². The van der Waals surface area contributed by atoms with E-state index in [1.165, 1.54) is 13.0 Å². The highest BCUT2D eigenvalue weighted by Crippen LogP contribution is 2.30. The van der Waals surface area contributed by atoms with Crippen LogP contribution in [0.1, 0.15) is 17.2 Å². The molecule has 90 valence electrons. The molecule has 1 aromatic carbocycles. The van der Waals surface area contributed by atoms with Crippen LogP contribution in [0.2, 0.25) is 0 Å². The van der Waals surface area contributed by atoms with Gasteiger partial charge in [-0.1, -0.05) is 6.07 Å². The summed E-state index contributed by atoms with van der Waals surface area (Å²) in [7, 11) is 0. The van der Waals surface area contributed by atoms with E-state index in [2.05, 4.69) is 0 Å². The van der Waals surface area contributed by atoms with Gasteiger partial charge >= 0.3 is 6.18 Å². The monoisotopic (exact) mass is 237 g/mol. The van der Waals surface area contributed by atoms with Gasteiger partial charge in [-0.3, -0.25) is 0 Å². The molecule has 0 radical (unpaired) electrons. The molecule has 1 aromatic rings. The Morgan fingerprint density at radius 2 is 1.88 bits per heavy atom. The molecule has 0 aromatic heterocycles. The molecule has 2 nitrogen and oxygen atoms in total. The maximum absolute atomic E-state index is 12.8. The Morgan fingerprint density at radius 1 is 1.31 bits per heavy atom. The lowest BCUT2D eigenvalue weighted by molar-refractivity contribution is -0.210. The molecule has 0 unspecified atom stereocenters. The summed E-state index contributed by atoms with van der Waals surface area (Å²) in [5.74, 6) is -0.689. The molecule has 0 aliphatic carbocycles. The van der Waals surface area contributed by atoms with Crippen molar-refractivity contribution in [3.63, 3.8) is 0 Å². The third-order valence-electron chi connectivity index (χ3n) is 2.28. The lowest BCUT2D eigenvalue weighted by atomic mass is 9.97. The number of halogens is 4. The number of aliphatic hydroxyl groups excluding tert-OH is 1. The molecule has 0 aliphatic rings. The fourth-order valence-electron chi connectivity index (χ4n) is 1.34. The maximum Gasteiger partial charge on any atom is 0.416 e. The van der Waals surface area contributed by atoms with Crippen LogP contribution in [0, 0.1) is 12.7 Å². The van der Waals surface area contributed by atoms with E-state index in [0.717, 1.165) is 12.1 Å². The van der Waals surface area contributed by atoms with Crippen LogP contribution in [0.3, 0.4) is 0 Å². The first-order valence-corrected chi connectivity index (χ1v) is 4.50. The van der Waals surface area contributed by atoms with Crippen molar-refractivity contribution in [2.45, 2.75) is 25.2 Å². The number of nitrogens with two attached hydrogens (primary N) is 1. The molecular weight excluding hydrogens is 226 g/mol. The molecule has 0 fully saturated rings. The highest BCUT2D eigenvalue weighted by molar-refractivity contribution is 5.30. The quantitative estimate of drug-likeness (QED) is 0.773. The van der Waals surface area contributed by atoms with Gasteiger partial charge in [-0.15, -0.1) is 0 Å². The molecule has 0 bridgehead atoms. The lowest BCUT2D eigenvalue weighted by Gasteiger charge is -2.22. The zero-order chi connectivity index (χ0) is 12.5. The number of rotatable bonds is 2. The van der Waals surface area contributed by atoms with Gasteiger partial charge in [0.1, 0.15) is 5.82 Å². The van der Waals surface area contributed by atoms with Gasteiger partial charge in [0, 0.05) is 0 Å². The Labute approximate surface area is 89.7 Å². The van der Waals surface area contributed by atoms with Crippen molar-refractivity contribution in [3.8, 4) is 0 Å². The third-order valence-corrected chi connectivity index (χ3v) is 2.28. The second kappa shape index (κ2) is 4.39. The SMILES string of the molecule is Cc1ccc(F)cc1[C@@H](N)[C@@H](O)C(F)(F)F. The third kappa shape index (κ3) is 2.70. The van der Waals surface area contributed by atoms with Crippen LogP contribution >= 0.6 is 0 Å². The number of aryl methyl sites for hydroxylation is 1. The van der Waals surface area contributed by atoms with Crippen LogP contribution in [0.25, 0.3) is 0 Å². The van der Waals surface area contributed by atoms with E-state index in [4.69, 9.17) is 10.8 Å². The van der Waals surface area contributed by atoms with E-state index in [0.29, 0.717) is 5.56 Å². The largest absolute Gasteiger partial charge is 0.416 e. The molecule has 0 aliphatic heterocycles. The second-order valence-corrected chi connectivity index (χ2v) is 3.51. The second-order valence-electron chi connectivity index (χ2n) is 3.51. The van der Waals surface area contributed by atoms with Gasteiger partial charge in [-0.05, 0) is 30.2 Å². The molecule has 0 amide bonds. The number of aliphatic hydroxyl groups is 1. The van der Waals surface area contributed by atoms with Crippen molar-refractivity contribution >= 4 is 0 Å². The normalized spacial score (nSPS) is 15.9. The maximum atomic E-state index is 12.8. The van der Waals surface area contributed by atoms with E-state index in [1.54, 1.807) is 0 Å². The summed E-state index contributed by atoms with van der Waals surface area (Å²) >= 11 is 0. The minimum absolute atomic E-state index is 0.0511. The summed E-state index contributed by atoms with van der Waals surface area (Å²) in [4.78, 5) is 0. The van der Waals surface area contributed by atoms with E-state index >= 15 is 0 Å². The van der Waals surface area contributed by atoms with Gasteiger partial charge < -0.3 is 10.8 Å². The fourth-order valence-corrected chi connectivity index (χ4v) is 1.34. The first-order valence-electron chi connectivity index (χ1n) is 4.50. The highest BCUT2D eigenvalue weighted by atomic mass is 19.4. The smallest absolute Gasteiger partial charge is 0.382 e. The zero-order valence-electron chi connectivity index (χ0n) is 8.42. The summed E-state index contributed by atoms with van der Waals surface area (Å²) in [6, 6.07) is 1.64. The molecule has 1 rings (SSSR count). The molecule has 0 saturated heterocycles. The minimum Gasteiger partial charge on any atom is -0.382 e. The van der Waals surface area contributed by atoms with Gasteiger partial charge in [0.2, 0.25) is 0 Å². The van der Waals surface area contributed by atoms with Crippen LogP contribution in [0.15, 0.2) is 18.2 Å². The first-order chi connectivity index (χ1) is 7.23. The molecular formula is C10H11F4NO. The Kier molecular flexibility index (Phi) is 3.54. The number of hydrogen-bond acceptors (Lipinski definition) is 2. The molecule has 3 N–H and O–H groups in total. The van der Waals surface area contributed by atoms with Gasteiger partial charge in [-0.2, -0.15) is 13.2 Å². The predicted molar refractivity (Wildman–Crippen MR) is 50.1 cm³/mol. The van der Waals surface area contributed by atoms with E-state index < -0.39 is 24.1 Å². The minimum atomic E-state index is -4.82. The highest BCUT2D eigenvalue weighted by Gasteiger charge is 2.43. The molecule has 0 saturated carbocycles. The fraction of sp³-hybridized carbons (Fsp3) is 0.400. The Bertz CT molecular complexity index is 378. The van der Waals surface area contributed by atoms with Crippen LogP contribution < -0.4 is 5.73 Å². The van der Waals surface area contributed by atoms with Crippen LogP contribution in [0.5, 0.6) is 0 Å². The number of hydrogen-bond donors (Lipinski definition) is 2. The van der Waals surface area contributed by atoms with Gasteiger partial charge in [-0.25, -0.2) is 4.39 Å². The van der Waals surface area contributed by atoms with E-state index in [-0.39, 0.29) is 5.56 Å². The molecule has 0 heterocycles. The van der Waals surface area contributed by atoms with Gasteiger partial charge in [0.15, 0.2) is 6.10 Å². The predicted octanol–water partition coefficient (Wildman–Crippen LogP) is 2.06. The lowest BCUT2D eigenvalue weighted by Crippen LogP contribution is -2.39. The van der Waals surface area contributed by atoms with E-state index in [1.807, 2.05) is 0 Å². The molecule has 6 heteroatoms. The summed E-state index contributed by atoms with van der Waals surface area (Å²) in [5, 5.41) is 8.95. The summed E-state index contributed by atoms with van der Waals surface area (Å²) in [6.45, 7) is 1.50. The molecule has 0 spiro atoms. The summed E-state index contributed by atoms with van der Waals surface area (Å²) in [5.41, 5.74) is 5.61. The van der Waals surface area contributed by atoms with Crippen molar-refractivity contribution in [2.24, 2.45) is 5.73 Å². The van der Waals surface area contributed by atoms with Crippen molar-refractivity contribution in [3.05, 3.63) is 35.1 Å². The Balaban J connectivity index is 3.05. The zero-order valence-corrected chi connectivity index (χ0v) is 8.42. The molecule has 2 atom stereocenters. The van der Waals surface area contributed by atoms with Crippen molar-refractivity contribution in [1.82, 2.24) is 0 Å². The number of benzene rings is 1. The topological polar surface area (TPSA) is 46.2 Å². The summed E-state index contributed by atoms with van der Waals surface area (Å²) < 4.78 is 49.4.